The lowest BCUT2D eigenvalue weighted by Crippen LogP contribution is -2.34. The monoisotopic (exact) mass is 328 g/mol. The standard InChI is InChI=1S/C19H36O4/c1-4-19(15-5-9-17(10-6-15)22-13(2)20)16-7-11-18(12-8-16)23-14(3)21/h13-21H,4-12H2,1-3H3. The summed E-state index contributed by atoms with van der Waals surface area (Å²) in [5.41, 5.74) is 0. The summed E-state index contributed by atoms with van der Waals surface area (Å²) in [5.74, 6) is 2.44. The predicted octanol–water partition coefficient (Wildman–Crippen LogP) is 3.84. The fourth-order valence-electron chi connectivity index (χ4n) is 4.91. The van der Waals surface area contributed by atoms with Crippen LogP contribution < -0.4 is 0 Å². The van der Waals surface area contributed by atoms with Crippen molar-refractivity contribution in [1.82, 2.24) is 0 Å². The molecule has 0 aromatic carbocycles. The van der Waals surface area contributed by atoms with Crippen LogP contribution >= 0.6 is 0 Å². The van der Waals surface area contributed by atoms with E-state index < -0.39 is 12.6 Å². The van der Waals surface area contributed by atoms with E-state index >= 15 is 0 Å². The van der Waals surface area contributed by atoms with Crippen molar-refractivity contribution in [2.24, 2.45) is 17.8 Å². The van der Waals surface area contributed by atoms with Crippen molar-refractivity contribution in [1.29, 1.82) is 0 Å². The van der Waals surface area contributed by atoms with E-state index in [4.69, 9.17) is 9.47 Å². The van der Waals surface area contributed by atoms with Crippen LogP contribution in [0, 0.1) is 17.8 Å². The van der Waals surface area contributed by atoms with Crippen molar-refractivity contribution in [3.63, 3.8) is 0 Å². The predicted molar refractivity (Wildman–Crippen MR) is 90.8 cm³/mol. The van der Waals surface area contributed by atoms with Crippen molar-refractivity contribution in [3.05, 3.63) is 0 Å². The van der Waals surface area contributed by atoms with Crippen molar-refractivity contribution in [2.45, 2.75) is 103 Å². The first-order chi connectivity index (χ1) is 11.0. The zero-order chi connectivity index (χ0) is 16.8. The number of hydrogen-bond acceptors (Lipinski definition) is 4. The number of ether oxygens (including phenoxy) is 2. The van der Waals surface area contributed by atoms with E-state index in [9.17, 15) is 10.2 Å². The molecule has 136 valence electrons. The fraction of sp³-hybridized carbons (Fsp3) is 1.00. The van der Waals surface area contributed by atoms with Crippen molar-refractivity contribution >= 4 is 0 Å². The SMILES string of the molecule is CCC(C1CCC(OC(C)O)CC1)C1CCC(OC(C)O)CC1. The van der Waals surface area contributed by atoms with Gasteiger partial charge in [-0.1, -0.05) is 13.3 Å². The number of aliphatic hydroxyl groups excluding tert-OH is 2. The maximum Gasteiger partial charge on any atom is 0.152 e. The third kappa shape index (κ3) is 6.00. The Balaban J connectivity index is 1.78. The maximum atomic E-state index is 9.37. The van der Waals surface area contributed by atoms with Gasteiger partial charge in [-0.2, -0.15) is 0 Å². The molecule has 0 aliphatic heterocycles. The molecule has 2 atom stereocenters. The molecular formula is C19H36O4. The molecular weight excluding hydrogens is 292 g/mol. The summed E-state index contributed by atoms with van der Waals surface area (Å²) in [6, 6.07) is 0. The molecule has 2 aliphatic carbocycles. The molecule has 0 spiro atoms. The van der Waals surface area contributed by atoms with Gasteiger partial charge < -0.3 is 19.7 Å². The van der Waals surface area contributed by atoms with Crippen molar-refractivity contribution in [2.75, 3.05) is 0 Å². The largest absolute Gasteiger partial charge is 0.368 e. The summed E-state index contributed by atoms with van der Waals surface area (Å²) in [4.78, 5) is 0. The van der Waals surface area contributed by atoms with Crippen LogP contribution in [0.25, 0.3) is 0 Å². The van der Waals surface area contributed by atoms with Gasteiger partial charge in [0.1, 0.15) is 0 Å². The van der Waals surface area contributed by atoms with Crippen LogP contribution in [-0.2, 0) is 9.47 Å². The van der Waals surface area contributed by atoms with E-state index in [0.717, 1.165) is 43.4 Å². The van der Waals surface area contributed by atoms with Gasteiger partial charge in [0, 0.05) is 0 Å². The second-order valence-electron chi connectivity index (χ2n) is 7.62. The van der Waals surface area contributed by atoms with Gasteiger partial charge in [-0.25, -0.2) is 0 Å². The van der Waals surface area contributed by atoms with Crippen LogP contribution in [0.15, 0.2) is 0 Å². The Kier molecular flexibility index (Phi) is 7.80. The highest BCUT2D eigenvalue weighted by Crippen LogP contribution is 2.42. The van der Waals surface area contributed by atoms with E-state index in [-0.39, 0.29) is 12.2 Å². The molecule has 0 bridgehead atoms. The van der Waals surface area contributed by atoms with Crippen LogP contribution in [0.2, 0.25) is 0 Å². The molecule has 0 saturated heterocycles. The second-order valence-corrected chi connectivity index (χ2v) is 7.62. The molecule has 2 N–H and O–H groups in total. The van der Waals surface area contributed by atoms with Crippen LogP contribution in [0.3, 0.4) is 0 Å². The second kappa shape index (κ2) is 9.36. The molecule has 2 aliphatic rings. The molecule has 0 aromatic rings. The van der Waals surface area contributed by atoms with Gasteiger partial charge in [-0.3, -0.25) is 0 Å². The highest BCUT2D eigenvalue weighted by atomic mass is 16.6. The van der Waals surface area contributed by atoms with Crippen molar-refractivity contribution in [3.8, 4) is 0 Å². The molecule has 2 saturated carbocycles. The Bertz CT molecular complexity index is 285. The molecule has 2 unspecified atom stereocenters. The average Bonchev–Trinajstić information content (AvgIpc) is 2.50. The zero-order valence-electron chi connectivity index (χ0n) is 15.1. The van der Waals surface area contributed by atoms with E-state index in [1.54, 1.807) is 13.8 Å². The third-order valence-corrected chi connectivity index (χ3v) is 5.90. The number of aliphatic hydroxyl groups is 2. The van der Waals surface area contributed by atoms with Gasteiger partial charge in [0.25, 0.3) is 0 Å². The quantitative estimate of drug-likeness (QED) is 0.697. The van der Waals surface area contributed by atoms with Crippen LogP contribution in [0.5, 0.6) is 0 Å². The van der Waals surface area contributed by atoms with Gasteiger partial charge >= 0.3 is 0 Å². The smallest absolute Gasteiger partial charge is 0.152 e. The highest BCUT2D eigenvalue weighted by Gasteiger charge is 2.34. The Morgan fingerprint density at radius 1 is 0.739 bits per heavy atom. The Morgan fingerprint density at radius 3 is 1.35 bits per heavy atom. The first kappa shape index (κ1) is 19.2. The van der Waals surface area contributed by atoms with Crippen molar-refractivity contribution < 1.29 is 19.7 Å². The molecule has 0 heterocycles. The first-order valence-corrected chi connectivity index (χ1v) is 9.66. The molecule has 0 amide bonds. The van der Waals surface area contributed by atoms with Gasteiger partial charge in [0.2, 0.25) is 0 Å². The topological polar surface area (TPSA) is 58.9 Å². The molecule has 4 heteroatoms. The molecule has 23 heavy (non-hydrogen) atoms. The lowest BCUT2D eigenvalue weighted by molar-refractivity contribution is -0.141. The van der Waals surface area contributed by atoms with E-state index in [2.05, 4.69) is 6.92 Å². The van der Waals surface area contributed by atoms with Crippen LogP contribution in [0.4, 0.5) is 0 Å². The van der Waals surface area contributed by atoms with Gasteiger partial charge in [0.05, 0.1) is 12.2 Å². The van der Waals surface area contributed by atoms with Gasteiger partial charge in [0.15, 0.2) is 12.6 Å². The van der Waals surface area contributed by atoms with Crippen LogP contribution in [-0.4, -0.2) is 35.0 Å². The molecule has 0 aromatic heterocycles. The van der Waals surface area contributed by atoms with Gasteiger partial charge in [-0.15, -0.1) is 0 Å². The Morgan fingerprint density at radius 2 is 1.09 bits per heavy atom. The summed E-state index contributed by atoms with van der Waals surface area (Å²) >= 11 is 0. The maximum absolute atomic E-state index is 9.37. The normalized spacial score (nSPS) is 36.4. The lowest BCUT2D eigenvalue weighted by atomic mass is 9.68. The van der Waals surface area contributed by atoms with E-state index in [1.165, 1.54) is 32.1 Å². The molecule has 2 fully saturated rings. The first-order valence-electron chi connectivity index (χ1n) is 9.66. The number of hydrogen-bond donors (Lipinski definition) is 2. The van der Waals surface area contributed by atoms with Gasteiger partial charge in [-0.05, 0) is 83.0 Å². The minimum absolute atomic E-state index is 0.249. The van der Waals surface area contributed by atoms with E-state index in [1.807, 2.05) is 0 Å². The average molecular weight is 328 g/mol. The van der Waals surface area contributed by atoms with E-state index in [0.29, 0.717) is 0 Å². The van der Waals surface area contributed by atoms with Crippen LogP contribution in [0.1, 0.15) is 78.6 Å². The summed E-state index contributed by atoms with van der Waals surface area (Å²) in [6.07, 6.45) is 9.79. The summed E-state index contributed by atoms with van der Waals surface area (Å²) in [6.45, 7) is 5.74. The molecule has 0 radical (unpaired) electrons. The summed E-state index contributed by atoms with van der Waals surface area (Å²) in [5, 5.41) is 18.7. The lowest BCUT2D eigenvalue weighted by Gasteiger charge is -2.40. The Labute approximate surface area is 141 Å². The minimum atomic E-state index is -0.636. The minimum Gasteiger partial charge on any atom is -0.368 e. The molecule has 4 nitrogen and oxygen atoms in total. The summed E-state index contributed by atoms with van der Waals surface area (Å²) < 4.78 is 11.1. The molecule has 2 rings (SSSR count). The Hall–Kier alpha value is -0.160. The highest BCUT2D eigenvalue weighted by molar-refractivity contribution is 4.85. The number of rotatable bonds is 7. The summed E-state index contributed by atoms with van der Waals surface area (Å²) in [7, 11) is 0. The fourth-order valence-corrected chi connectivity index (χ4v) is 4.91. The third-order valence-electron chi connectivity index (χ3n) is 5.90. The zero-order valence-corrected chi connectivity index (χ0v) is 15.1.